The van der Waals surface area contributed by atoms with Gasteiger partial charge in [0.1, 0.15) is 0 Å². The molecule has 2 aromatic heterocycles. The normalized spacial score (nSPS) is 15.7. The molecular weight excluding hydrogens is 194 g/mol. The first kappa shape index (κ1) is 8.67. The van der Waals surface area contributed by atoms with Gasteiger partial charge in [0.2, 0.25) is 0 Å². The molecule has 2 aromatic rings. The molecule has 0 bridgehead atoms. The van der Waals surface area contributed by atoms with Crippen molar-refractivity contribution in [1.29, 1.82) is 0 Å². The molecular formula is C10H11N3O2. The van der Waals surface area contributed by atoms with Crippen molar-refractivity contribution in [3.8, 4) is 11.7 Å². The second-order valence-corrected chi connectivity index (χ2v) is 3.65. The lowest BCUT2D eigenvalue weighted by Gasteiger charge is -1.94. The average Bonchev–Trinajstić information content (AvgIpc) is 2.78. The van der Waals surface area contributed by atoms with E-state index < -0.39 is 0 Å². The minimum absolute atomic E-state index is 0.438. The largest absolute Gasteiger partial charge is 0.459 e. The highest BCUT2D eigenvalue weighted by molar-refractivity contribution is 5.42. The predicted octanol–water partition coefficient (Wildman–Crippen LogP) is 1.58. The number of hydrogen-bond donors (Lipinski definition) is 1. The van der Waals surface area contributed by atoms with Crippen molar-refractivity contribution < 1.29 is 8.94 Å². The van der Waals surface area contributed by atoms with Crippen LogP contribution in [0.15, 0.2) is 27.3 Å². The fourth-order valence-corrected chi connectivity index (χ4v) is 1.35. The van der Waals surface area contributed by atoms with Crippen LogP contribution in [0.3, 0.4) is 0 Å². The van der Waals surface area contributed by atoms with Crippen LogP contribution in [0.4, 0.5) is 0 Å². The number of rotatable bonds is 4. The maximum atomic E-state index is 5.15. The Balaban J connectivity index is 1.69. The van der Waals surface area contributed by atoms with Gasteiger partial charge in [-0.15, -0.1) is 0 Å². The van der Waals surface area contributed by atoms with Crippen molar-refractivity contribution in [2.75, 3.05) is 0 Å². The molecule has 2 heterocycles. The Morgan fingerprint density at radius 2 is 2.40 bits per heavy atom. The zero-order chi connectivity index (χ0) is 10.1. The number of aromatic nitrogens is 2. The van der Waals surface area contributed by atoms with Crippen LogP contribution in [0.25, 0.3) is 11.7 Å². The molecule has 0 aliphatic heterocycles. The fourth-order valence-electron chi connectivity index (χ4n) is 1.35. The molecule has 3 rings (SSSR count). The molecule has 0 unspecified atom stereocenters. The maximum absolute atomic E-state index is 5.15. The highest BCUT2D eigenvalue weighted by atomic mass is 16.5. The van der Waals surface area contributed by atoms with Crippen LogP contribution in [0.5, 0.6) is 0 Å². The first-order chi connectivity index (χ1) is 7.42. The number of nitrogens with zero attached hydrogens (tertiary/aromatic N) is 2. The Kier molecular flexibility index (Phi) is 2.03. The van der Waals surface area contributed by atoms with E-state index in [2.05, 4.69) is 15.5 Å². The highest BCUT2D eigenvalue weighted by Crippen LogP contribution is 2.20. The standard InChI is InChI=1S/C10H11N3O2/c1-2-8(14-5-1)10-12-9(13-15-10)6-11-7-3-4-7/h1-2,5,7,11H,3-4,6H2. The van der Waals surface area contributed by atoms with E-state index in [-0.39, 0.29) is 0 Å². The van der Waals surface area contributed by atoms with Crippen LogP contribution in [0, 0.1) is 0 Å². The zero-order valence-electron chi connectivity index (χ0n) is 8.14. The third-order valence-electron chi connectivity index (χ3n) is 2.33. The lowest BCUT2D eigenvalue weighted by molar-refractivity contribution is 0.406. The minimum Gasteiger partial charge on any atom is -0.459 e. The highest BCUT2D eigenvalue weighted by Gasteiger charge is 2.21. The van der Waals surface area contributed by atoms with Crippen LogP contribution in [-0.2, 0) is 6.54 Å². The Morgan fingerprint density at radius 1 is 1.47 bits per heavy atom. The van der Waals surface area contributed by atoms with Crippen LogP contribution >= 0.6 is 0 Å². The molecule has 5 nitrogen and oxygen atoms in total. The predicted molar refractivity (Wildman–Crippen MR) is 51.9 cm³/mol. The molecule has 0 spiro atoms. The van der Waals surface area contributed by atoms with Gasteiger partial charge in [0.15, 0.2) is 11.6 Å². The summed E-state index contributed by atoms with van der Waals surface area (Å²) < 4.78 is 10.2. The minimum atomic E-state index is 0.438. The van der Waals surface area contributed by atoms with Gasteiger partial charge in [-0.05, 0) is 25.0 Å². The van der Waals surface area contributed by atoms with E-state index in [0.717, 1.165) is 0 Å². The second-order valence-electron chi connectivity index (χ2n) is 3.65. The van der Waals surface area contributed by atoms with Gasteiger partial charge in [0.25, 0.3) is 5.89 Å². The van der Waals surface area contributed by atoms with Crippen LogP contribution in [-0.4, -0.2) is 16.2 Å². The Bertz CT molecular complexity index is 431. The molecule has 1 fully saturated rings. The first-order valence-electron chi connectivity index (χ1n) is 5.01. The summed E-state index contributed by atoms with van der Waals surface area (Å²) in [7, 11) is 0. The van der Waals surface area contributed by atoms with Crippen molar-refractivity contribution in [3.05, 3.63) is 24.2 Å². The molecule has 78 valence electrons. The first-order valence-corrected chi connectivity index (χ1v) is 5.01. The van der Waals surface area contributed by atoms with E-state index in [1.165, 1.54) is 12.8 Å². The molecule has 0 radical (unpaired) electrons. The fraction of sp³-hybridized carbons (Fsp3) is 0.400. The SMILES string of the molecule is c1coc(-c2nc(CNC3CC3)no2)c1. The van der Waals surface area contributed by atoms with Gasteiger partial charge in [-0.1, -0.05) is 5.16 Å². The van der Waals surface area contributed by atoms with Gasteiger partial charge in [0.05, 0.1) is 12.8 Å². The summed E-state index contributed by atoms with van der Waals surface area (Å²) in [6.45, 7) is 0.662. The van der Waals surface area contributed by atoms with E-state index in [9.17, 15) is 0 Å². The zero-order valence-corrected chi connectivity index (χ0v) is 8.14. The maximum Gasteiger partial charge on any atom is 0.293 e. The van der Waals surface area contributed by atoms with Gasteiger partial charge in [-0.2, -0.15) is 4.98 Å². The van der Waals surface area contributed by atoms with Crippen molar-refractivity contribution in [3.63, 3.8) is 0 Å². The van der Waals surface area contributed by atoms with E-state index in [4.69, 9.17) is 8.94 Å². The number of furan rings is 1. The van der Waals surface area contributed by atoms with Crippen LogP contribution in [0.1, 0.15) is 18.7 Å². The average molecular weight is 205 g/mol. The monoisotopic (exact) mass is 205 g/mol. The quantitative estimate of drug-likeness (QED) is 0.820. The second kappa shape index (κ2) is 3.51. The topological polar surface area (TPSA) is 64.1 Å². The molecule has 1 N–H and O–H groups in total. The number of nitrogens with one attached hydrogen (secondary N) is 1. The van der Waals surface area contributed by atoms with Crippen molar-refractivity contribution in [1.82, 2.24) is 15.5 Å². The summed E-state index contributed by atoms with van der Waals surface area (Å²) in [4.78, 5) is 4.22. The van der Waals surface area contributed by atoms with E-state index in [1.54, 1.807) is 18.4 Å². The molecule has 0 saturated heterocycles. The summed E-state index contributed by atoms with van der Waals surface area (Å²) in [5.41, 5.74) is 0. The Labute approximate surface area is 86.5 Å². The lowest BCUT2D eigenvalue weighted by Crippen LogP contribution is -2.16. The van der Waals surface area contributed by atoms with Crippen LogP contribution in [0.2, 0.25) is 0 Å². The lowest BCUT2D eigenvalue weighted by atomic mass is 10.4. The molecule has 0 atom stereocenters. The summed E-state index contributed by atoms with van der Waals surface area (Å²) in [5.74, 6) is 1.72. The summed E-state index contributed by atoms with van der Waals surface area (Å²) >= 11 is 0. The van der Waals surface area contributed by atoms with Gasteiger partial charge in [-0.3, -0.25) is 0 Å². The third kappa shape index (κ3) is 1.92. The smallest absolute Gasteiger partial charge is 0.293 e. The number of hydrogen-bond acceptors (Lipinski definition) is 5. The van der Waals surface area contributed by atoms with E-state index in [1.807, 2.05) is 0 Å². The summed E-state index contributed by atoms with van der Waals surface area (Å²) in [6.07, 6.45) is 4.09. The molecule has 0 aromatic carbocycles. The van der Waals surface area contributed by atoms with Gasteiger partial charge >= 0.3 is 0 Å². The Hall–Kier alpha value is -1.62. The molecule has 1 saturated carbocycles. The van der Waals surface area contributed by atoms with E-state index in [0.29, 0.717) is 30.1 Å². The van der Waals surface area contributed by atoms with Crippen molar-refractivity contribution in [2.24, 2.45) is 0 Å². The molecule has 1 aliphatic carbocycles. The molecule has 5 heteroatoms. The van der Waals surface area contributed by atoms with Crippen LogP contribution < -0.4 is 5.32 Å². The van der Waals surface area contributed by atoms with Crippen molar-refractivity contribution >= 4 is 0 Å². The summed E-state index contributed by atoms with van der Waals surface area (Å²) in [6, 6.07) is 4.24. The summed E-state index contributed by atoms with van der Waals surface area (Å²) in [5, 5.41) is 7.18. The van der Waals surface area contributed by atoms with Crippen molar-refractivity contribution in [2.45, 2.75) is 25.4 Å². The van der Waals surface area contributed by atoms with E-state index >= 15 is 0 Å². The molecule has 1 aliphatic rings. The van der Waals surface area contributed by atoms with Gasteiger partial charge < -0.3 is 14.3 Å². The van der Waals surface area contributed by atoms with Gasteiger partial charge in [-0.25, -0.2) is 0 Å². The Morgan fingerprint density at radius 3 is 3.13 bits per heavy atom. The van der Waals surface area contributed by atoms with Gasteiger partial charge in [0, 0.05) is 6.04 Å². The molecule has 15 heavy (non-hydrogen) atoms. The third-order valence-corrected chi connectivity index (χ3v) is 2.33. The molecule has 0 amide bonds.